The minimum Gasteiger partial charge on any atom is -0.250 e. The van der Waals surface area contributed by atoms with Gasteiger partial charge in [-0.3, -0.25) is 4.98 Å². The maximum absolute atomic E-state index is 12.1. The number of hydrogen-bond acceptors (Lipinski definition) is 2. The maximum Gasteiger partial charge on any atom is 0.434 e. The van der Waals surface area contributed by atoms with Crippen LogP contribution in [0, 0.1) is 6.20 Å². The quantitative estimate of drug-likeness (QED) is 0.678. The SMILES string of the molecule is CC(C)c1[c]ncc(C(F)(F)F)n1. The van der Waals surface area contributed by atoms with Gasteiger partial charge in [-0.15, -0.1) is 0 Å². The lowest BCUT2D eigenvalue weighted by molar-refractivity contribution is -0.141. The zero-order valence-electron chi connectivity index (χ0n) is 7.18. The van der Waals surface area contributed by atoms with Gasteiger partial charge in [0.2, 0.25) is 0 Å². The van der Waals surface area contributed by atoms with E-state index in [-0.39, 0.29) is 11.6 Å². The molecule has 0 aromatic carbocycles. The number of aromatic nitrogens is 2. The molecule has 1 heterocycles. The molecule has 0 aliphatic rings. The third kappa shape index (κ3) is 2.40. The van der Waals surface area contributed by atoms with Gasteiger partial charge in [-0.1, -0.05) is 13.8 Å². The van der Waals surface area contributed by atoms with Crippen LogP contribution in [0.5, 0.6) is 0 Å². The zero-order valence-corrected chi connectivity index (χ0v) is 7.18. The fourth-order valence-corrected chi connectivity index (χ4v) is 0.738. The van der Waals surface area contributed by atoms with E-state index in [2.05, 4.69) is 16.2 Å². The molecule has 5 heteroatoms. The van der Waals surface area contributed by atoms with Crippen molar-refractivity contribution in [3.63, 3.8) is 0 Å². The summed E-state index contributed by atoms with van der Waals surface area (Å²) in [6.07, 6.45) is -1.33. The number of hydrogen-bond donors (Lipinski definition) is 0. The molecule has 0 spiro atoms. The van der Waals surface area contributed by atoms with Gasteiger partial charge >= 0.3 is 6.18 Å². The summed E-state index contributed by atoms with van der Waals surface area (Å²) in [5.41, 5.74) is -0.732. The molecule has 2 nitrogen and oxygen atoms in total. The van der Waals surface area contributed by atoms with Gasteiger partial charge in [-0.2, -0.15) is 13.2 Å². The normalized spacial score (nSPS) is 12.2. The molecule has 0 saturated heterocycles. The van der Waals surface area contributed by atoms with Crippen molar-refractivity contribution in [3.8, 4) is 0 Å². The highest BCUT2D eigenvalue weighted by atomic mass is 19.4. The molecule has 0 fully saturated rings. The first kappa shape index (κ1) is 9.95. The van der Waals surface area contributed by atoms with E-state index in [0.29, 0.717) is 6.20 Å². The van der Waals surface area contributed by atoms with E-state index in [9.17, 15) is 13.2 Å². The van der Waals surface area contributed by atoms with Gasteiger partial charge in [-0.05, 0) is 5.92 Å². The third-order valence-corrected chi connectivity index (χ3v) is 1.44. The van der Waals surface area contributed by atoms with Crippen LogP contribution in [-0.4, -0.2) is 9.97 Å². The average Bonchev–Trinajstić information content (AvgIpc) is 2.03. The number of rotatable bonds is 1. The van der Waals surface area contributed by atoms with Crippen LogP contribution >= 0.6 is 0 Å². The minimum atomic E-state index is -4.42. The van der Waals surface area contributed by atoms with Crippen molar-refractivity contribution < 1.29 is 13.2 Å². The Morgan fingerprint density at radius 3 is 2.46 bits per heavy atom. The molecule has 1 aromatic rings. The molecule has 1 radical (unpaired) electrons. The average molecular weight is 189 g/mol. The molecule has 0 N–H and O–H groups in total. The van der Waals surface area contributed by atoms with E-state index in [1.165, 1.54) is 0 Å². The van der Waals surface area contributed by atoms with Crippen molar-refractivity contribution >= 4 is 0 Å². The van der Waals surface area contributed by atoms with Crippen LogP contribution in [0.3, 0.4) is 0 Å². The topological polar surface area (TPSA) is 25.8 Å². The van der Waals surface area contributed by atoms with Gasteiger partial charge in [0.05, 0.1) is 11.9 Å². The highest BCUT2D eigenvalue weighted by Gasteiger charge is 2.33. The van der Waals surface area contributed by atoms with Crippen LogP contribution in [0.15, 0.2) is 6.20 Å². The van der Waals surface area contributed by atoms with Crippen LogP contribution in [0.1, 0.15) is 31.2 Å². The first-order valence-electron chi connectivity index (χ1n) is 3.73. The number of alkyl halides is 3. The van der Waals surface area contributed by atoms with Crippen molar-refractivity contribution in [3.05, 3.63) is 23.8 Å². The summed E-state index contributed by atoms with van der Waals surface area (Å²) < 4.78 is 36.3. The fourth-order valence-electron chi connectivity index (χ4n) is 0.738. The summed E-state index contributed by atoms with van der Waals surface area (Å²) in [5, 5.41) is 0. The molecule has 0 aliphatic heterocycles. The maximum atomic E-state index is 12.1. The van der Waals surface area contributed by atoms with Crippen LogP contribution in [0.25, 0.3) is 0 Å². The first-order chi connectivity index (χ1) is 5.91. The van der Waals surface area contributed by atoms with Crippen molar-refractivity contribution in [1.29, 1.82) is 0 Å². The Morgan fingerprint density at radius 2 is 2.00 bits per heavy atom. The Kier molecular flexibility index (Phi) is 2.54. The van der Waals surface area contributed by atoms with Crippen LogP contribution in [-0.2, 0) is 6.18 Å². The summed E-state index contributed by atoms with van der Waals surface area (Å²) >= 11 is 0. The summed E-state index contributed by atoms with van der Waals surface area (Å²) in [7, 11) is 0. The van der Waals surface area contributed by atoms with E-state index in [0.717, 1.165) is 0 Å². The molecule has 1 rings (SSSR count). The molecule has 0 unspecified atom stereocenters. The second-order valence-electron chi connectivity index (χ2n) is 2.90. The zero-order chi connectivity index (χ0) is 10.1. The Balaban J connectivity index is 3.06. The highest BCUT2D eigenvalue weighted by molar-refractivity contribution is 5.07. The molecule has 0 saturated carbocycles. The third-order valence-electron chi connectivity index (χ3n) is 1.44. The van der Waals surface area contributed by atoms with Crippen LogP contribution in [0.2, 0.25) is 0 Å². The molecular weight excluding hydrogens is 181 g/mol. The van der Waals surface area contributed by atoms with Gasteiger partial charge in [0.15, 0.2) is 5.69 Å². The summed E-state index contributed by atoms with van der Waals surface area (Å²) in [5.74, 6) is -0.102. The lowest BCUT2D eigenvalue weighted by atomic mass is 10.1. The summed E-state index contributed by atoms with van der Waals surface area (Å²) in [4.78, 5) is 6.77. The van der Waals surface area contributed by atoms with Crippen LogP contribution < -0.4 is 0 Å². The van der Waals surface area contributed by atoms with E-state index < -0.39 is 11.9 Å². The molecule has 71 valence electrons. The Hall–Kier alpha value is -1.13. The monoisotopic (exact) mass is 189 g/mol. The van der Waals surface area contributed by atoms with Gasteiger partial charge in [0, 0.05) is 0 Å². The van der Waals surface area contributed by atoms with E-state index in [1.54, 1.807) is 13.8 Å². The molecule has 0 aliphatic carbocycles. The van der Waals surface area contributed by atoms with E-state index in [4.69, 9.17) is 0 Å². The van der Waals surface area contributed by atoms with Crippen molar-refractivity contribution in [1.82, 2.24) is 9.97 Å². The largest absolute Gasteiger partial charge is 0.434 e. The van der Waals surface area contributed by atoms with Gasteiger partial charge in [-0.25, -0.2) is 4.98 Å². The first-order valence-corrected chi connectivity index (χ1v) is 3.73. The van der Waals surface area contributed by atoms with Crippen molar-refractivity contribution in [2.75, 3.05) is 0 Å². The van der Waals surface area contributed by atoms with Gasteiger partial charge < -0.3 is 0 Å². The summed E-state index contributed by atoms with van der Waals surface area (Å²) in [6.45, 7) is 3.47. The van der Waals surface area contributed by atoms with Crippen molar-refractivity contribution in [2.24, 2.45) is 0 Å². The van der Waals surface area contributed by atoms with Gasteiger partial charge in [0.1, 0.15) is 6.20 Å². The Bertz CT molecular complexity index is 294. The van der Waals surface area contributed by atoms with Crippen LogP contribution in [0.4, 0.5) is 13.2 Å². The standard InChI is InChI=1S/C8H8F3N2/c1-5(2)6-3-12-4-7(13-6)8(9,10)11/h4-5H,1-2H3. The highest BCUT2D eigenvalue weighted by Crippen LogP contribution is 2.27. The number of nitrogens with zero attached hydrogens (tertiary/aromatic N) is 2. The smallest absolute Gasteiger partial charge is 0.250 e. The predicted molar refractivity (Wildman–Crippen MR) is 40.0 cm³/mol. The Labute approximate surface area is 73.8 Å². The second kappa shape index (κ2) is 3.32. The molecular formula is C8H8F3N2. The van der Waals surface area contributed by atoms with E-state index >= 15 is 0 Å². The fraction of sp³-hybridized carbons (Fsp3) is 0.500. The van der Waals surface area contributed by atoms with Gasteiger partial charge in [0.25, 0.3) is 0 Å². The molecule has 13 heavy (non-hydrogen) atoms. The predicted octanol–water partition coefficient (Wildman–Crippen LogP) is 2.42. The molecule has 0 bridgehead atoms. The van der Waals surface area contributed by atoms with Crippen molar-refractivity contribution in [2.45, 2.75) is 25.9 Å². The lowest BCUT2D eigenvalue weighted by Crippen LogP contribution is -2.10. The minimum absolute atomic E-state index is 0.102. The molecule has 0 atom stereocenters. The Morgan fingerprint density at radius 1 is 1.38 bits per heavy atom. The lowest BCUT2D eigenvalue weighted by Gasteiger charge is -2.07. The number of halogens is 3. The second-order valence-corrected chi connectivity index (χ2v) is 2.90. The van der Waals surface area contributed by atoms with E-state index in [1.807, 2.05) is 0 Å². The molecule has 1 aromatic heterocycles. The molecule has 0 amide bonds. The summed E-state index contributed by atoms with van der Waals surface area (Å²) in [6, 6.07) is 0.